The summed E-state index contributed by atoms with van der Waals surface area (Å²) in [5.74, 6) is -0.242. The first-order valence-electron chi connectivity index (χ1n) is 9.57. The van der Waals surface area contributed by atoms with Crippen molar-refractivity contribution < 1.29 is 31.1 Å². The lowest BCUT2D eigenvalue weighted by atomic mass is 10.1. The number of amides is 1. The van der Waals surface area contributed by atoms with Crippen LogP contribution in [0, 0.1) is 0 Å². The fraction of sp³-hybridized carbons (Fsp3) is 0.143. The maximum Gasteiger partial charge on any atom is 0.435 e. The number of benzene rings is 2. The average molecular weight is 480 g/mol. The monoisotopic (exact) mass is 480 g/mol. The van der Waals surface area contributed by atoms with Gasteiger partial charge in [-0.1, -0.05) is 17.3 Å². The van der Waals surface area contributed by atoms with Crippen LogP contribution in [0.15, 0.2) is 60.8 Å². The number of hydrogen-bond donors (Lipinski definition) is 1. The summed E-state index contributed by atoms with van der Waals surface area (Å²) >= 11 is 0. The molecule has 0 unspecified atom stereocenters. The van der Waals surface area contributed by atoms with Crippen LogP contribution < -0.4 is 5.32 Å². The van der Waals surface area contributed by atoms with Crippen molar-refractivity contribution in [2.45, 2.75) is 19.3 Å². The molecule has 2 aromatic carbocycles. The first-order valence-corrected chi connectivity index (χ1v) is 9.57. The molecule has 4 aromatic rings. The molecule has 0 saturated carbocycles. The minimum Gasteiger partial charge on any atom is -0.326 e. The van der Waals surface area contributed by atoms with Crippen LogP contribution in [0.5, 0.6) is 0 Å². The van der Waals surface area contributed by atoms with E-state index in [9.17, 15) is 31.1 Å². The first-order chi connectivity index (χ1) is 15.9. The van der Waals surface area contributed by atoms with Gasteiger partial charge in [-0.3, -0.25) is 4.79 Å². The van der Waals surface area contributed by atoms with E-state index in [1.165, 1.54) is 35.9 Å². The van der Waals surface area contributed by atoms with E-state index in [1.54, 1.807) is 30.5 Å². The van der Waals surface area contributed by atoms with Crippen LogP contribution in [0.3, 0.4) is 0 Å². The van der Waals surface area contributed by atoms with Crippen LogP contribution in [0.2, 0.25) is 0 Å². The molecule has 2 heterocycles. The lowest BCUT2D eigenvalue weighted by molar-refractivity contribution is -0.143. The Hall–Kier alpha value is -4.16. The molecular weight excluding hydrogens is 466 g/mol. The van der Waals surface area contributed by atoms with Crippen molar-refractivity contribution in [3.8, 4) is 22.6 Å². The van der Waals surface area contributed by atoms with Crippen LogP contribution in [0.25, 0.3) is 22.6 Å². The number of rotatable bonds is 4. The van der Waals surface area contributed by atoms with Gasteiger partial charge in [0.15, 0.2) is 5.69 Å². The highest BCUT2D eigenvalue weighted by molar-refractivity contribution is 5.89. The van der Waals surface area contributed by atoms with Gasteiger partial charge < -0.3 is 5.32 Å². The lowest BCUT2D eigenvalue weighted by Crippen LogP contribution is -2.13. The number of carbonyl (C=O) groups excluding carboxylic acids is 1. The fourth-order valence-corrected chi connectivity index (χ4v) is 3.15. The zero-order valence-corrected chi connectivity index (χ0v) is 17.2. The minimum atomic E-state index is -5.04. The van der Waals surface area contributed by atoms with E-state index >= 15 is 0 Å². The maximum absolute atomic E-state index is 13.3. The molecule has 4 rings (SSSR count). The predicted molar refractivity (Wildman–Crippen MR) is 108 cm³/mol. The zero-order chi connectivity index (χ0) is 24.7. The number of carbonyl (C=O) groups is 1. The van der Waals surface area contributed by atoms with E-state index in [4.69, 9.17) is 0 Å². The minimum absolute atomic E-state index is 0.0350. The highest BCUT2D eigenvalue weighted by Gasteiger charge is 2.42. The number of nitrogens with zero attached hydrogens (tertiary/aromatic N) is 5. The summed E-state index contributed by atoms with van der Waals surface area (Å²) in [6, 6.07) is 11.9. The molecule has 0 atom stereocenters. The van der Waals surface area contributed by atoms with E-state index in [2.05, 4.69) is 20.7 Å². The van der Waals surface area contributed by atoms with Gasteiger partial charge in [0.25, 0.3) is 0 Å². The average Bonchev–Trinajstić information content (AvgIpc) is 3.41. The maximum atomic E-state index is 13.3. The molecule has 0 saturated heterocycles. The number of aromatic nitrogens is 5. The number of halogens is 6. The molecule has 2 aromatic heterocycles. The molecule has 7 nitrogen and oxygen atoms in total. The molecule has 13 heteroatoms. The Bertz CT molecular complexity index is 1340. The molecule has 0 aliphatic heterocycles. The van der Waals surface area contributed by atoms with Gasteiger partial charge in [-0.2, -0.15) is 31.4 Å². The quantitative estimate of drug-likeness (QED) is 0.412. The van der Waals surface area contributed by atoms with Gasteiger partial charge in [0.1, 0.15) is 11.4 Å². The number of anilines is 1. The van der Waals surface area contributed by atoms with Gasteiger partial charge in [-0.05, 0) is 36.4 Å². The second kappa shape index (κ2) is 8.32. The molecule has 0 aliphatic rings. The summed E-state index contributed by atoms with van der Waals surface area (Å²) in [5, 5.41) is 13.8. The van der Waals surface area contributed by atoms with Crippen molar-refractivity contribution in [2.75, 3.05) is 5.32 Å². The SMILES string of the molecule is CC(=O)Nc1cccc(-c2cn(-c3ccc(-n4nc(C(F)(F)F)cc4C(F)(F)F)cc3)nn2)c1. The Morgan fingerprint density at radius 2 is 1.59 bits per heavy atom. The first kappa shape index (κ1) is 23.0. The van der Waals surface area contributed by atoms with Crippen LogP contribution in [-0.4, -0.2) is 30.7 Å². The Morgan fingerprint density at radius 3 is 2.21 bits per heavy atom. The van der Waals surface area contributed by atoms with Gasteiger partial charge in [0.2, 0.25) is 5.91 Å². The van der Waals surface area contributed by atoms with E-state index in [0.717, 1.165) is 0 Å². The molecule has 176 valence electrons. The highest BCUT2D eigenvalue weighted by Crippen LogP contribution is 2.36. The van der Waals surface area contributed by atoms with E-state index < -0.39 is 23.7 Å². The number of hydrogen-bond acceptors (Lipinski definition) is 4. The second-order valence-electron chi connectivity index (χ2n) is 7.15. The summed E-state index contributed by atoms with van der Waals surface area (Å²) in [6.07, 6.45) is -8.51. The Morgan fingerprint density at radius 1 is 0.912 bits per heavy atom. The zero-order valence-electron chi connectivity index (χ0n) is 17.2. The smallest absolute Gasteiger partial charge is 0.326 e. The third-order valence-electron chi connectivity index (χ3n) is 4.62. The second-order valence-corrected chi connectivity index (χ2v) is 7.15. The molecule has 34 heavy (non-hydrogen) atoms. The number of alkyl halides is 6. The largest absolute Gasteiger partial charge is 0.435 e. The Balaban J connectivity index is 1.63. The summed E-state index contributed by atoms with van der Waals surface area (Å²) in [4.78, 5) is 11.2. The molecule has 0 bridgehead atoms. The van der Waals surface area contributed by atoms with Crippen molar-refractivity contribution >= 4 is 11.6 Å². The van der Waals surface area contributed by atoms with Crippen LogP contribution in [0.4, 0.5) is 32.0 Å². The van der Waals surface area contributed by atoms with Gasteiger partial charge in [0.05, 0.1) is 17.6 Å². The van der Waals surface area contributed by atoms with Crippen molar-refractivity contribution in [3.63, 3.8) is 0 Å². The van der Waals surface area contributed by atoms with Gasteiger partial charge in [-0.15, -0.1) is 5.10 Å². The van der Waals surface area contributed by atoms with Crippen molar-refractivity contribution in [1.82, 2.24) is 24.8 Å². The van der Waals surface area contributed by atoms with Crippen molar-refractivity contribution in [1.29, 1.82) is 0 Å². The van der Waals surface area contributed by atoms with Gasteiger partial charge in [0, 0.05) is 24.2 Å². The van der Waals surface area contributed by atoms with Crippen molar-refractivity contribution in [2.24, 2.45) is 0 Å². The number of nitrogens with one attached hydrogen (secondary N) is 1. The predicted octanol–water partition coefficient (Wildman–Crippen LogP) is 5.12. The summed E-state index contributed by atoms with van der Waals surface area (Å²) in [6.45, 7) is 1.37. The lowest BCUT2D eigenvalue weighted by Gasteiger charge is -2.10. The standard InChI is InChI=1S/C21H14F6N6O/c1-12(34)28-14-4-2-3-13(9-14)17-11-32(31-29-17)15-5-7-16(8-6-15)33-19(21(25,26)27)10-18(30-33)20(22,23)24/h2-11H,1H3,(H,28,34). The van der Waals surface area contributed by atoms with Crippen LogP contribution in [0.1, 0.15) is 18.3 Å². The third-order valence-corrected chi connectivity index (χ3v) is 4.62. The summed E-state index contributed by atoms with van der Waals surface area (Å²) in [5.41, 5.74) is -1.34. The topological polar surface area (TPSA) is 77.6 Å². The molecule has 1 N–H and O–H groups in total. The Labute approximate surface area is 187 Å². The van der Waals surface area contributed by atoms with Gasteiger partial charge >= 0.3 is 12.4 Å². The van der Waals surface area contributed by atoms with Gasteiger partial charge in [-0.25, -0.2) is 9.36 Å². The molecular formula is C21H14F6N6O. The van der Waals surface area contributed by atoms with E-state index in [-0.39, 0.29) is 22.3 Å². The van der Waals surface area contributed by atoms with E-state index in [1.807, 2.05) is 0 Å². The molecule has 0 aliphatic carbocycles. The normalized spacial score (nSPS) is 12.1. The highest BCUT2D eigenvalue weighted by atomic mass is 19.4. The molecule has 0 spiro atoms. The Kier molecular flexibility index (Phi) is 5.63. The fourth-order valence-electron chi connectivity index (χ4n) is 3.15. The van der Waals surface area contributed by atoms with Crippen LogP contribution >= 0.6 is 0 Å². The summed E-state index contributed by atoms with van der Waals surface area (Å²) in [7, 11) is 0. The third kappa shape index (κ3) is 4.77. The summed E-state index contributed by atoms with van der Waals surface area (Å²) < 4.78 is 80.1. The molecule has 1 amide bonds. The molecule has 0 radical (unpaired) electrons. The van der Waals surface area contributed by atoms with E-state index in [0.29, 0.717) is 22.6 Å². The molecule has 0 fully saturated rings. The van der Waals surface area contributed by atoms with Crippen LogP contribution in [-0.2, 0) is 17.1 Å². The van der Waals surface area contributed by atoms with Crippen molar-refractivity contribution in [3.05, 3.63) is 72.2 Å².